The minimum absolute atomic E-state index is 0.290. The molecule has 0 saturated heterocycles. The number of benzene rings is 1. The first-order chi connectivity index (χ1) is 9.86. The van der Waals surface area contributed by atoms with Crippen molar-refractivity contribution in [2.75, 3.05) is 20.2 Å². The summed E-state index contributed by atoms with van der Waals surface area (Å²) in [5, 5.41) is 0. The summed E-state index contributed by atoms with van der Waals surface area (Å²) in [5.41, 5.74) is 6.68. The van der Waals surface area contributed by atoms with Gasteiger partial charge in [0.1, 0.15) is 11.6 Å². The molecule has 0 bridgehead atoms. The van der Waals surface area contributed by atoms with Crippen LogP contribution in [0.15, 0.2) is 18.2 Å². The highest BCUT2D eigenvalue weighted by Gasteiger charge is 2.19. The highest BCUT2D eigenvalue weighted by atomic mass is 19.1. The second kappa shape index (κ2) is 8.35. The lowest BCUT2D eigenvalue weighted by atomic mass is 10.0. The fraction of sp³-hybridized carbons (Fsp3) is 0.647. The van der Waals surface area contributed by atoms with Gasteiger partial charge in [0.2, 0.25) is 0 Å². The third-order valence-corrected chi connectivity index (χ3v) is 3.66. The Balaban J connectivity index is 2.74. The molecule has 0 heterocycles. The molecule has 0 amide bonds. The van der Waals surface area contributed by atoms with E-state index in [0.717, 1.165) is 13.1 Å². The predicted molar refractivity (Wildman–Crippen MR) is 86.0 cm³/mol. The van der Waals surface area contributed by atoms with Crippen LogP contribution in [0.25, 0.3) is 0 Å². The van der Waals surface area contributed by atoms with E-state index in [2.05, 4.69) is 32.6 Å². The molecular formula is C17H29FN2O. The fourth-order valence-electron chi connectivity index (χ4n) is 2.53. The van der Waals surface area contributed by atoms with Gasteiger partial charge >= 0.3 is 0 Å². The number of halogens is 1. The van der Waals surface area contributed by atoms with Crippen molar-refractivity contribution in [2.24, 2.45) is 11.7 Å². The van der Waals surface area contributed by atoms with Crippen LogP contribution in [-0.2, 0) is 0 Å². The topological polar surface area (TPSA) is 38.5 Å². The van der Waals surface area contributed by atoms with Crippen LogP contribution >= 0.6 is 0 Å². The SMILES string of the molecule is COc1cccc(F)c1C(N)CCN(CC(C)C)C(C)C. The Morgan fingerprint density at radius 3 is 2.43 bits per heavy atom. The van der Waals surface area contributed by atoms with Crippen LogP contribution in [0, 0.1) is 11.7 Å². The highest BCUT2D eigenvalue weighted by molar-refractivity contribution is 5.37. The molecule has 0 spiro atoms. The number of nitrogens with two attached hydrogens (primary N) is 1. The van der Waals surface area contributed by atoms with Crippen LogP contribution < -0.4 is 10.5 Å². The van der Waals surface area contributed by atoms with Crippen molar-refractivity contribution < 1.29 is 9.13 Å². The van der Waals surface area contributed by atoms with E-state index in [1.807, 2.05) is 0 Å². The normalized spacial score (nSPS) is 13.2. The molecule has 4 heteroatoms. The van der Waals surface area contributed by atoms with Crippen molar-refractivity contribution in [1.29, 1.82) is 0 Å². The zero-order chi connectivity index (χ0) is 16.0. The molecule has 120 valence electrons. The fourth-order valence-corrected chi connectivity index (χ4v) is 2.53. The number of rotatable bonds is 8. The highest BCUT2D eigenvalue weighted by Crippen LogP contribution is 2.28. The van der Waals surface area contributed by atoms with Gasteiger partial charge in [-0.1, -0.05) is 19.9 Å². The molecule has 0 radical (unpaired) electrons. The molecule has 21 heavy (non-hydrogen) atoms. The average molecular weight is 296 g/mol. The third kappa shape index (κ3) is 5.29. The second-order valence-electron chi connectivity index (χ2n) is 6.23. The molecule has 0 aliphatic rings. The van der Waals surface area contributed by atoms with Crippen LogP contribution in [0.5, 0.6) is 5.75 Å². The maximum atomic E-state index is 14.0. The van der Waals surface area contributed by atoms with Crippen LogP contribution in [0.3, 0.4) is 0 Å². The van der Waals surface area contributed by atoms with Crippen molar-refractivity contribution >= 4 is 0 Å². The lowest BCUT2D eigenvalue weighted by Gasteiger charge is -2.29. The molecule has 3 nitrogen and oxygen atoms in total. The van der Waals surface area contributed by atoms with Gasteiger partial charge < -0.3 is 15.4 Å². The zero-order valence-corrected chi connectivity index (χ0v) is 13.9. The van der Waals surface area contributed by atoms with Crippen molar-refractivity contribution in [3.8, 4) is 5.75 Å². The summed E-state index contributed by atoms with van der Waals surface area (Å²) >= 11 is 0. The molecular weight excluding hydrogens is 267 g/mol. The second-order valence-corrected chi connectivity index (χ2v) is 6.23. The average Bonchev–Trinajstić information content (AvgIpc) is 2.41. The standard InChI is InChI=1S/C17H29FN2O/c1-12(2)11-20(13(3)4)10-9-15(19)17-14(18)7-6-8-16(17)21-5/h6-8,12-13,15H,9-11,19H2,1-5H3. The van der Waals surface area contributed by atoms with Crippen LogP contribution in [0.1, 0.15) is 45.7 Å². The van der Waals surface area contributed by atoms with Gasteiger partial charge in [-0.25, -0.2) is 4.39 Å². The van der Waals surface area contributed by atoms with E-state index >= 15 is 0 Å². The molecule has 1 aromatic carbocycles. The zero-order valence-electron chi connectivity index (χ0n) is 13.9. The summed E-state index contributed by atoms with van der Waals surface area (Å²) in [7, 11) is 1.55. The largest absolute Gasteiger partial charge is 0.496 e. The molecule has 1 unspecified atom stereocenters. The Hall–Kier alpha value is -1.13. The number of hydrogen-bond donors (Lipinski definition) is 1. The molecule has 1 rings (SSSR count). The van der Waals surface area contributed by atoms with Gasteiger partial charge in [0.25, 0.3) is 0 Å². The number of ether oxygens (including phenoxy) is 1. The molecule has 0 aliphatic carbocycles. The summed E-state index contributed by atoms with van der Waals surface area (Å²) in [4.78, 5) is 2.39. The van der Waals surface area contributed by atoms with Crippen LogP contribution in [0.4, 0.5) is 4.39 Å². The molecule has 0 aliphatic heterocycles. The maximum Gasteiger partial charge on any atom is 0.131 e. The molecule has 0 fully saturated rings. The minimum atomic E-state index is -0.352. The first-order valence-electron chi connectivity index (χ1n) is 7.68. The van der Waals surface area contributed by atoms with E-state index in [4.69, 9.17) is 10.5 Å². The Bertz CT molecular complexity index is 435. The quantitative estimate of drug-likeness (QED) is 0.796. The first kappa shape index (κ1) is 17.9. The first-order valence-corrected chi connectivity index (χ1v) is 7.68. The summed E-state index contributed by atoms with van der Waals surface area (Å²) < 4.78 is 19.2. The lowest BCUT2D eigenvalue weighted by molar-refractivity contribution is 0.190. The summed E-state index contributed by atoms with van der Waals surface area (Å²) in [5.74, 6) is 0.843. The van der Waals surface area contributed by atoms with E-state index in [1.165, 1.54) is 6.07 Å². The monoisotopic (exact) mass is 296 g/mol. The predicted octanol–water partition coefficient (Wildman–Crippen LogP) is 3.59. The van der Waals surface area contributed by atoms with E-state index in [-0.39, 0.29) is 11.9 Å². The Kier molecular flexibility index (Phi) is 7.12. The Morgan fingerprint density at radius 2 is 1.90 bits per heavy atom. The maximum absolute atomic E-state index is 14.0. The number of methoxy groups -OCH3 is 1. The van der Waals surface area contributed by atoms with Gasteiger partial charge in [-0.3, -0.25) is 0 Å². The van der Waals surface area contributed by atoms with Crippen molar-refractivity contribution in [1.82, 2.24) is 4.90 Å². The lowest BCUT2D eigenvalue weighted by Crippen LogP contribution is -2.36. The Labute approximate surface area is 128 Å². The molecule has 1 aromatic rings. The van der Waals surface area contributed by atoms with Gasteiger partial charge in [-0.05, 0) is 38.3 Å². The molecule has 0 aromatic heterocycles. The van der Waals surface area contributed by atoms with E-state index < -0.39 is 0 Å². The van der Waals surface area contributed by atoms with E-state index in [0.29, 0.717) is 29.7 Å². The molecule has 1 atom stereocenters. The minimum Gasteiger partial charge on any atom is -0.496 e. The van der Waals surface area contributed by atoms with Crippen LogP contribution in [-0.4, -0.2) is 31.1 Å². The van der Waals surface area contributed by atoms with Crippen molar-refractivity contribution in [2.45, 2.75) is 46.2 Å². The van der Waals surface area contributed by atoms with E-state index in [1.54, 1.807) is 19.2 Å². The van der Waals surface area contributed by atoms with Gasteiger partial charge in [-0.15, -0.1) is 0 Å². The number of nitrogens with zero attached hydrogens (tertiary/aromatic N) is 1. The smallest absolute Gasteiger partial charge is 0.131 e. The third-order valence-electron chi connectivity index (χ3n) is 3.66. The van der Waals surface area contributed by atoms with Crippen molar-refractivity contribution in [3.63, 3.8) is 0 Å². The molecule has 0 saturated carbocycles. The van der Waals surface area contributed by atoms with Crippen LogP contribution in [0.2, 0.25) is 0 Å². The van der Waals surface area contributed by atoms with Gasteiger partial charge in [0, 0.05) is 30.7 Å². The Morgan fingerprint density at radius 1 is 1.24 bits per heavy atom. The van der Waals surface area contributed by atoms with Gasteiger partial charge in [0.15, 0.2) is 0 Å². The van der Waals surface area contributed by atoms with Crippen molar-refractivity contribution in [3.05, 3.63) is 29.6 Å². The van der Waals surface area contributed by atoms with E-state index in [9.17, 15) is 4.39 Å². The summed E-state index contributed by atoms with van der Waals surface area (Å²) in [6.45, 7) is 10.6. The van der Waals surface area contributed by atoms with Gasteiger partial charge in [0.05, 0.1) is 7.11 Å². The van der Waals surface area contributed by atoms with Gasteiger partial charge in [-0.2, -0.15) is 0 Å². The summed E-state index contributed by atoms with van der Waals surface area (Å²) in [6, 6.07) is 4.94. The number of hydrogen-bond acceptors (Lipinski definition) is 3. The molecule has 2 N–H and O–H groups in total. The summed E-state index contributed by atoms with van der Waals surface area (Å²) in [6.07, 6.45) is 0.711.